The van der Waals surface area contributed by atoms with Crippen LogP contribution in [0.3, 0.4) is 0 Å². The number of aromatic carboxylic acids is 2. The number of hydrogen-bond acceptors (Lipinski definition) is 6. The number of hydrogen-bond donors (Lipinski definition) is 1. The van der Waals surface area contributed by atoms with Gasteiger partial charge in [-0.15, -0.1) is 0 Å². The molecule has 0 amide bonds. The van der Waals surface area contributed by atoms with Crippen LogP contribution < -0.4 is 15.4 Å². The zero-order chi connectivity index (χ0) is 23.5. The second-order valence-corrected chi connectivity index (χ2v) is 7.88. The Bertz CT molecular complexity index is 1480. The lowest BCUT2D eigenvalue weighted by Gasteiger charge is -2.40. The van der Waals surface area contributed by atoms with Gasteiger partial charge in [-0.1, -0.05) is 6.07 Å². The average molecular weight is 450 g/mol. The molecule has 2 aromatic rings. The number of carbonyl (C=O) groups excluding carboxylic acids is 1. The summed E-state index contributed by atoms with van der Waals surface area (Å²) < 4.78 is 32.6. The number of nitrogens with zero attached hydrogens (tertiary/aromatic N) is 1. The zero-order valence-electron chi connectivity index (χ0n) is 16.8. The van der Waals surface area contributed by atoms with Crippen LogP contribution in [0.5, 0.6) is 0 Å². The molecule has 2 aromatic carbocycles. The van der Waals surface area contributed by atoms with Crippen LogP contribution >= 0.6 is 0 Å². The van der Waals surface area contributed by atoms with E-state index in [-0.39, 0.29) is 33.5 Å². The van der Waals surface area contributed by atoms with Gasteiger partial charge in [-0.25, -0.2) is 13.6 Å². The van der Waals surface area contributed by atoms with Crippen molar-refractivity contribution in [3.8, 4) is 22.5 Å². The topological polar surface area (TPSA) is 111 Å². The molecule has 2 heterocycles. The number of carboxylic acid groups (broad SMARTS) is 2. The highest BCUT2D eigenvalue weighted by Gasteiger charge is 2.44. The van der Waals surface area contributed by atoms with E-state index in [1.165, 1.54) is 41.3 Å². The van der Waals surface area contributed by atoms with Gasteiger partial charge in [0.25, 0.3) is 5.92 Å². The number of alkyl halides is 2. The number of fused-ring (bicyclic) bond motifs is 2. The van der Waals surface area contributed by atoms with Gasteiger partial charge in [0, 0.05) is 34.3 Å². The van der Waals surface area contributed by atoms with Gasteiger partial charge in [0.05, 0.1) is 24.6 Å². The molecule has 166 valence electrons. The summed E-state index contributed by atoms with van der Waals surface area (Å²) in [6.45, 7) is -0.888. The molecule has 7 nitrogen and oxygen atoms in total. The fourth-order valence-corrected chi connectivity index (χ4v) is 4.11. The largest absolute Gasteiger partial charge is 0.545 e. The van der Waals surface area contributed by atoms with Gasteiger partial charge < -0.3 is 24.3 Å². The number of carboxylic acids is 2. The highest BCUT2D eigenvalue weighted by Crippen LogP contribution is 2.43. The van der Waals surface area contributed by atoms with E-state index >= 15 is 0 Å². The summed E-state index contributed by atoms with van der Waals surface area (Å²) in [5, 5.41) is 21.6. The average Bonchev–Trinajstić information content (AvgIpc) is 2.74. The summed E-state index contributed by atoms with van der Waals surface area (Å²) in [4.78, 5) is 36.8. The van der Waals surface area contributed by atoms with E-state index in [1.807, 2.05) is 0 Å². The first-order valence-corrected chi connectivity index (χ1v) is 9.85. The van der Waals surface area contributed by atoms with Crippen LogP contribution in [0.4, 0.5) is 14.5 Å². The predicted molar refractivity (Wildman–Crippen MR) is 113 cm³/mol. The summed E-state index contributed by atoms with van der Waals surface area (Å²) in [5.74, 6) is -5.40. The maximum atomic E-state index is 13.3. The van der Waals surface area contributed by atoms with Crippen LogP contribution in [0.2, 0.25) is 0 Å². The van der Waals surface area contributed by atoms with E-state index in [2.05, 4.69) is 0 Å². The van der Waals surface area contributed by atoms with E-state index in [1.54, 1.807) is 12.1 Å². The molecule has 2 aliphatic heterocycles. The molecule has 0 bridgehead atoms. The SMILES string of the molecule is O=C([O-])c1ccc(C(=O)O)c(-c2c3ccc(=O)cc-3oc3cc(N4CC(F)(F)C4)ccc23)c1. The van der Waals surface area contributed by atoms with Gasteiger partial charge >= 0.3 is 5.97 Å². The van der Waals surface area contributed by atoms with Crippen molar-refractivity contribution in [3.63, 3.8) is 0 Å². The minimum atomic E-state index is -2.78. The maximum absolute atomic E-state index is 13.3. The molecule has 0 aromatic heterocycles. The van der Waals surface area contributed by atoms with Gasteiger partial charge in [-0.2, -0.15) is 0 Å². The molecule has 0 spiro atoms. The molecule has 1 saturated heterocycles. The standard InChI is InChI=1S/C24H15F2NO6/c25-24(26)10-27(11-24)13-2-5-16-19(8-13)33-20-9-14(28)3-6-17(20)21(16)18-7-12(22(29)30)1-4-15(18)23(31)32/h1-9H,10-11H2,(H,29,30)(H,31,32)/p-1. The second kappa shape index (κ2) is 7.13. The minimum Gasteiger partial charge on any atom is -0.545 e. The molecule has 3 aliphatic rings. The van der Waals surface area contributed by atoms with Gasteiger partial charge in [-0.05, 0) is 47.5 Å². The Hall–Kier alpha value is -4.27. The molecule has 0 atom stereocenters. The Kier molecular flexibility index (Phi) is 4.45. The Morgan fingerprint density at radius 3 is 2.42 bits per heavy atom. The van der Waals surface area contributed by atoms with Crippen molar-refractivity contribution in [1.82, 2.24) is 0 Å². The van der Waals surface area contributed by atoms with Crippen molar-refractivity contribution in [1.29, 1.82) is 0 Å². The first-order valence-electron chi connectivity index (χ1n) is 9.85. The van der Waals surface area contributed by atoms with E-state index in [0.29, 0.717) is 22.2 Å². The van der Waals surface area contributed by atoms with Crippen LogP contribution in [-0.4, -0.2) is 36.1 Å². The first-order chi connectivity index (χ1) is 15.6. The fraction of sp³-hybridized carbons (Fsp3) is 0.125. The normalized spacial score (nSPS) is 14.9. The minimum absolute atomic E-state index is 0.0943. The van der Waals surface area contributed by atoms with Crippen molar-refractivity contribution in [2.45, 2.75) is 5.92 Å². The molecule has 0 unspecified atom stereocenters. The summed E-state index contributed by atoms with van der Waals surface area (Å²) in [6, 6.07) is 12.2. The molecule has 5 rings (SSSR count). The Morgan fingerprint density at radius 2 is 1.76 bits per heavy atom. The smallest absolute Gasteiger partial charge is 0.336 e. The number of rotatable bonds is 4. The van der Waals surface area contributed by atoms with Crippen molar-refractivity contribution in [2.24, 2.45) is 0 Å². The van der Waals surface area contributed by atoms with E-state index < -0.39 is 31.0 Å². The summed E-state index contributed by atoms with van der Waals surface area (Å²) in [7, 11) is 0. The van der Waals surface area contributed by atoms with Crippen molar-refractivity contribution >= 4 is 28.6 Å². The van der Waals surface area contributed by atoms with Crippen LogP contribution in [0.25, 0.3) is 33.4 Å². The van der Waals surface area contributed by atoms with Crippen molar-refractivity contribution in [3.05, 3.63) is 75.9 Å². The molecule has 9 heteroatoms. The highest BCUT2D eigenvalue weighted by atomic mass is 19.3. The first kappa shape index (κ1) is 20.6. The molecule has 33 heavy (non-hydrogen) atoms. The number of halogens is 2. The molecule has 0 saturated carbocycles. The molecular weight excluding hydrogens is 436 g/mol. The molecule has 0 radical (unpaired) electrons. The van der Waals surface area contributed by atoms with Crippen LogP contribution in [0, 0.1) is 0 Å². The lowest BCUT2D eigenvalue weighted by Crippen LogP contribution is -2.56. The third-order valence-corrected chi connectivity index (χ3v) is 5.64. The number of benzene rings is 3. The molecular formula is C24H14F2NO6-. The monoisotopic (exact) mass is 450 g/mol. The summed E-state index contributed by atoms with van der Waals surface area (Å²) in [5.41, 5.74) is 0.793. The lowest BCUT2D eigenvalue weighted by molar-refractivity contribution is -0.255. The maximum Gasteiger partial charge on any atom is 0.336 e. The number of carbonyl (C=O) groups is 2. The highest BCUT2D eigenvalue weighted by molar-refractivity contribution is 6.09. The van der Waals surface area contributed by atoms with Crippen molar-refractivity contribution < 1.29 is 33.0 Å². The summed E-state index contributed by atoms with van der Waals surface area (Å²) in [6.07, 6.45) is 0. The van der Waals surface area contributed by atoms with Crippen LogP contribution in [0.1, 0.15) is 20.7 Å². The van der Waals surface area contributed by atoms with E-state index in [9.17, 15) is 33.4 Å². The van der Waals surface area contributed by atoms with Gasteiger partial charge in [0.1, 0.15) is 11.3 Å². The van der Waals surface area contributed by atoms with Crippen molar-refractivity contribution in [2.75, 3.05) is 18.0 Å². The van der Waals surface area contributed by atoms with Gasteiger partial charge in [-0.3, -0.25) is 4.79 Å². The van der Waals surface area contributed by atoms with Crippen LogP contribution in [-0.2, 0) is 0 Å². The molecule has 1 N–H and O–H groups in total. The number of anilines is 1. The predicted octanol–water partition coefficient (Wildman–Crippen LogP) is 3.08. The summed E-state index contributed by atoms with van der Waals surface area (Å²) >= 11 is 0. The fourth-order valence-electron chi connectivity index (χ4n) is 4.11. The molecule has 1 fully saturated rings. The van der Waals surface area contributed by atoms with Gasteiger partial charge in [0.2, 0.25) is 0 Å². The lowest BCUT2D eigenvalue weighted by atomic mass is 9.89. The third kappa shape index (κ3) is 3.47. The van der Waals surface area contributed by atoms with Crippen LogP contribution in [0.15, 0.2) is 63.8 Å². The third-order valence-electron chi connectivity index (χ3n) is 5.64. The Morgan fingerprint density at radius 1 is 1.00 bits per heavy atom. The quantitative estimate of drug-likeness (QED) is 0.476. The van der Waals surface area contributed by atoms with E-state index in [4.69, 9.17) is 4.42 Å². The van der Waals surface area contributed by atoms with E-state index in [0.717, 1.165) is 6.07 Å². The van der Waals surface area contributed by atoms with Gasteiger partial charge in [0.15, 0.2) is 5.43 Å². The molecule has 1 aliphatic carbocycles. The zero-order valence-corrected chi connectivity index (χ0v) is 16.8. The second-order valence-electron chi connectivity index (χ2n) is 7.88. The Labute approximate surface area is 184 Å². The Balaban J connectivity index is 1.83.